The lowest BCUT2D eigenvalue weighted by Crippen LogP contribution is -2.41. The lowest BCUT2D eigenvalue weighted by molar-refractivity contribution is -0.120. The van der Waals surface area contributed by atoms with Crippen molar-refractivity contribution in [1.82, 2.24) is 18.8 Å². The third-order valence-corrected chi connectivity index (χ3v) is 7.64. The molecule has 11 heteroatoms. The van der Waals surface area contributed by atoms with Crippen molar-refractivity contribution in [3.63, 3.8) is 0 Å². The number of nitrogens with zero attached hydrogens (tertiary/aromatic N) is 5. The summed E-state index contributed by atoms with van der Waals surface area (Å²) in [5.74, 6) is 1.16. The Morgan fingerprint density at radius 3 is 2.45 bits per heavy atom. The molecule has 1 N–H and O–H groups in total. The molecule has 31 heavy (non-hydrogen) atoms. The predicted octanol–water partition coefficient (Wildman–Crippen LogP) is 1.000. The molecule has 2 aliphatic heterocycles. The fourth-order valence-electron chi connectivity index (χ4n) is 3.83. The lowest BCUT2D eigenvalue weighted by Gasteiger charge is -2.30. The van der Waals surface area contributed by atoms with Gasteiger partial charge in [0.25, 0.3) is 10.0 Å². The van der Waals surface area contributed by atoms with Gasteiger partial charge in [0.05, 0.1) is 25.1 Å². The number of nitrogens with one attached hydrogen (secondary N) is 1. The highest BCUT2D eigenvalue weighted by molar-refractivity contribution is 7.89. The van der Waals surface area contributed by atoms with Gasteiger partial charge in [-0.1, -0.05) is 0 Å². The maximum Gasteiger partial charge on any atom is 0.262 e. The molecule has 168 valence electrons. The highest BCUT2D eigenvalue weighted by Crippen LogP contribution is 2.25. The highest BCUT2D eigenvalue weighted by atomic mass is 32.2. The van der Waals surface area contributed by atoms with Crippen LogP contribution >= 0.6 is 0 Å². The van der Waals surface area contributed by atoms with Crippen molar-refractivity contribution in [2.24, 2.45) is 13.0 Å². The molecule has 0 radical (unpaired) electrons. The van der Waals surface area contributed by atoms with Crippen molar-refractivity contribution in [1.29, 1.82) is 0 Å². The Balaban J connectivity index is 1.32. The van der Waals surface area contributed by atoms with E-state index in [1.54, 1.807) is 24.7 Å². The average Bonchev–Trinajstić information content (AvgIpc) is 3.14. The zero-order valence-corrected chi connectivity index (χ0v) is 18.6. The fourth-order valence-corrected chi connectivity index (χ4v) is 5.32. The number of pyridine rings is 1. The molecule has 0 aliphatic carbocycles. The molecule has 2 fully saturated rings. The molecule has 0 spiro atoms. The van der Waals surface area contributed by atoms with Gasteiger partial charge >= 0.3 is 0 Å². The summed E-state index contributed by atoms with van der Waals surface area (Å²) in [7, 11) is -1.88. The van der Waals surface area contributed by atoms with Gasteiger partial charge in [-0.25, -0.2) is 18.4 Å². The molecule has 1 amide bonds. The van der Waals surface area contributed by atoms with Crippen LogP contribution in [0.4, 0.5) is 11.5 Å². The zero-order valence-electron chi connectivity index (χ0n) is 17.8. The number of amides is 1. The number of hydrogen-bond acceptors (Lipinski definition) is 7. The minimum absolute atomic E-state index is 0.0573. The molecule has 0 unspecified atom stereocenters. The first-order valence-corrected chi connectivity index (χ1v) is 11.9. The number of hydrogen-bond donors (Lipinski definition) is 1. The number of piperidine rings is 1. The van der Waals surface area contributed by atoms with E-state index in [1.807, 2.05) is 12.1 Å². The van der Waals surface area contributed by atoms with Crippen molar-refractivity contribution < 1.29 is 17.9 Å². The Hall–Kier alpha value is -2.50. The molecule has 4 rings (SSSR count). The van der Waals surface area contributed by atoms with E-state index in [0.29, 0.717) is 50.7 Å². The number of morpholine rings is 1. The lowest BCUT2D eigenvalue weighted by atomic mass is 9.97. The van der Waals surface area contributed by atoms with Crippen molar-refractivity contribution in [2.45, 2.75) is 24.8 Å². The van der Waals surface area contributed by atoms with Gasteiger partial charge in [-0.3, -0.25) is 4.79 Å². The first kappa shape index (κ1) is 21.7. The summed E-state index contributed by atoms with van der Waals surface area (Å²) >= 11 is 0. The molecule has 0 bridgehead atoms. The van der Waals surface area contributed by atoms with Crippen LogP contribution in [0.25, 0.3) is 0 Å². The Bertz CT molecular complexity index is 1000. The van der Waals surface area contributed by atoms with Crippen molar-refractivity contribution in [3.05, 3.63) is 30.4 Å². The number of rotatable bonds is 5. The highest BCUT2D eigenvalue weighted by Gasteiger charge is 2.33. The summed E-state index contributed by atoms with van der Waals surface area (Å²) in [6.07, 6.45) is 4.12. The SMILES string of the molecule is Cc1nc(S(=O)(=O)N2CCC(C(=O)Nc3ccc(N4CCOCC4)nc3)CC2)cn1C. The number of aromatic nitrogens is 3. The predicted molar refractivity (Wildman–Crippen MR) is 115 cm³/mol. The van der Waals surface area contributed by atoms with E-state index in [9.17, 15) is 13.2 Å². The molecule has 0 atom stereocenters. The van der Waals surface area contributed by atoms with Crippen LogP contribution in [0.15, 0.2) is 29.6 Å². The van der Waals surface area contributed by atoms with Crippen molar-refractivity contribution in [2.75, 3.05) is 49.6 Å². The van der Waals surface area contributed by atoms with Crippen LogP contribution in [0.1, 0.15) is 18.7 Å². The number of aryl methyl sites for hydroxylation is 2. The van der Waals surface area contributed by atoms with E-state index in [0.717, 1.165) is 18.9 Å². The Kier molecular flexibility index (Phi) is 6.26. The van der Waals surface area contributed by atoms with Crippen LogP contribution in [0, 0.1) is 12.8 Å². The molecular weight excluding hydrogens is 420 g/mol. The molecule has 0 aromatic carbocycles. The van der Waals surface area contributed by atoms with Crippen LogP contribution in [0.5, 0.6) is 0 Å². The molecular formula is C20H28N6O4S. The van der Waals surface area contributed by atoms with Crippen molar-refractivity contribution >= 4 is 27.4 Å². The molecule has 2 aliphatic rings. The van der Waals surface area contributed by atoms with E-state index in [4.69, 9.17) is 4.74 Å². The van der Waals surface area contributed by atoms with E-state index >= 15 is 0 Å². The van der Waals surface area contributed by atoms with Gasteiger partial charge in [0, 0.05) is 45.3 Å². The number of ether oxygens (including phenoxy) is 1. The minimum Gasteiger partial charge on any atom is -0.378 e. The molecule has 2 aromatic heterocycles. The Morgan fingerprint density at radius 2 is 1.87 bits per heavy atom. The Labute approximate surface area is 182 Å². The third-order valence-electron chi connectivity index (χ3n) is 5.87. The largest absolute Gasteiger partial charge is 0.378 e. The van der Waals surface area contributed by atoms with E-state index in [1.165, 1.54) is 10.5 Å². The Morgan fingerprint density at radius 1 is 1.16 bits per heavy atom. The van der Waals surface area contributed by atoms with Gasteiger partial charge in [0.15, 0.2) is 5.03 Å². The first-order chi connectivity index (χ1) is 14.8. The molecule has 4 heterocycles. The van der Waals surface area contributed by atoms with E-state index in [2.05, 4.69) is 20.2 Å². The average molecular weight is 449 g/mol. The number of carbonyl (C=O) groups is 1. The molecule has 2 aromatic rings. The number of imidazole rings is 1. The quantitative estimate of drug-likeness (QED) is 0.727. The van der Waals surface area contributed by atoms with Gasteiger partial charge in [0.1, 0.15) is 11.6 Å². The summed E-state index contributed by atoms with van der Waals surface area (Å²) in [5, 5.41) is 2.97. The maximum absolute atomic E-state index is 12.8. The van der Waals surface area contributed by atoms with Gasteiger partial charge < -0.3 is 19.5 Å². The van der Waals surface area contributed by atoms with E-state index < -0.39 is 10.0 Å². The fraction of sp³-hybridized carbons (Fsp3) is 0.550. The molecule has 2 saturated heterocycles. The summed E-state index contributed by atoms with van der Waals surface area (Å²) < 4.78 is 34.1. The summed E-state index contributed by atoms with van der Waals surface area (Å²) in [4.78, 5) is 23.4. The third kappa shape index (κ3) is 4.73. The topological polar surface area (TPSA) is 110 Å². The summed E-state index contributed by atoms with van der Waals surface area (Å²) in [5.41, 5.74) is 0.640. The first-order valence-electron chi connectivity index (χ1n) is 10.4. The van der Waals surface area contributed by atoms with Crippen LogP contribution in [-0.4, -0.2) is 72.6 Å². The molecule has 10 nitrogen and oxygen atoms in total. The van der Waals surface area contributed by atoms with Gasteiger partial charge in [-0.15, -0.1) is 0 Å². The van der Waals surface area contributed by atoms with Gasteiger partial charge in [-0.2, -0.15) is 4.31 Å². The van der Waals surface area contributed by atoms with E-state index in [-0.39, 0.29) is 16.9 Å². The normalized spacial score (nSPS) is 18.8. The van der Waals surface area contributed by atoms with Gasteiger partial charge in [0.2, 0.25) is 5.91 Å². The summed E-state index contributed by atoms with van der Waals surface area (Å²) in [6, 6.07) is 3.74. The standard InChI is InChI=1S/C20H28N6O4S/c1-15-22-19(14-24(15)2)31(28,29)26-7-5-16(6-8-26)20(27)23-17-3-4-18(21-13-17)25-9-11-30-12-10-25/h3-4,13-14,16H,5-12H2,1-2H3,(H,23,27). The molecule has 0 saturated carbocycles. The smallest absolute Gasteiger partial charge is 0.262 e. The second kappa shape index (κ2) is 8.93. The maximum atomic E-state index is 12.8. The van der Waals surface area contributed by atoms with Crippen LogP contribution in [0.3, 0.4) is 0 Å². The minimum atomic E-state index is -3.64. The second-order valence-electron chi connectivity index (χ2n) is 7.91. The zero-order chi connectivity index (χ0) is 22.0. The second-order valence-corrected chi connectivity index (χ2v) is 9.79. The van der Waals surface area contributed by atoms with Crippen LogP contribution in [-0.2, 0) is 26.6 Å². The summed E-state index contributed by atoms with van der Waals surface area (Å²) in [6.45, 7) is 5.34. The number of sulfonamides is 1. The van der Waals surface area contributed by atoms with Crippen LogP contribution < -0.4 is 10.2 Å². The van der Waals surface area contributed by atoms with Crippen molar-refractivity contribution in [3.8, 4) is 0 Å². The number of carbonyl (C=O) groups excluding carboxylic acids is 1. The number of anilines is 2. The van der Waals surface area contributed by atoms with Gasteiger partial charge in [-0.05, 0) is 31.9 Å². The monoisotopic (exact) mass is 448 g/mol. The van der Waals surface area contributed by atoms with Crippen LogP contribution in [0.2, 0.25) is 0 Å².